The zero-order chi connectivity index (χ0) is 9.84. The van der Waals surface area contributed by atoms with Gasteiger partial charge in [0.2, 0.25) is 0 Å². The molecule has 1 rings (SSSR count). The summed E-state index contributed by atoms with van der Waals surface area (Å²) in [5, 5.41) is 18.2. The molecule has 0 aliphatic carbocycles. The van der Waals surface area contributed by atoms with Gasteiger partial charge in [-0.1, -0.05) is 23.2 Å². The van der Waals surface area contributed by atoms with Crippen LogP contribution in [0.4, 0.5) is 0 Å². The van der Waals surface area contributed by atoms with Crippen LogP contribution >= 0.6 is 23.2 Å². The van der Waals surface area contributed by atoms with E-state index in [-0.39, 0.29) is 16.6 Å². The van der Waals surface area contributed by atoms with E-state index in [4.69, 9.17) is 28.5 Å². The Morgan fingerprint density at radius 3 is 2.85 bits per heavy atom. The third-order valence-corrected chi connectivity index (χ3v) is 2.17. The van der Waals surface area contributed by atoms with Crippen LogP contribution in [0.15, 0.2) is 12.3 Å². The molecule has 0 saturated carbocycles. The Kier molecular flexibility index (Phi) is 3.49. The van der Waals surface area contributed by atoms with Gasteiger partial charge in [-0.15, -0.1) is 0 Å². The third kappa shape index (κ3) is 2.56. The minimum atomic E-state index is -0.854. The first-order chi connectivity index (χ1) is 6.15. The number of aliphatic hydroxyl groups excluding tert-OH is 1. The van der Waals surface area contributed by atoms with Crippen molar-refractivity contribution in [1.82, 2.24) is 4.98 Å². The van der Waals surface area contributed by atoms with Crippen LogP contribution in [0.5, 0.6) is 0 Å². The van der Waals surface area contributed by atoms with E-state index < -0.39 is 6.10 Å². The monoisotopic (exact) mass is 216 g/mol. The van der Waals surface area contributed by atoms with E-state index in [1.54, 1.807) is 0 Å². The van der Waals surface area contributed by atoms with Crippen LogP contribution in [0.2, 0.25) is 10.2 Å². The first-order valence-corrected chi connectivity index (χ1v) is 4.26. The number of rotatable bonds is 2. The summed E-state index contributed by atoms with van der Waals surface area (Å²) in [4.78, 5) is 3.75. The number of nitrogens with zero attached hydrogens (tertiary/aromatic N) is 2. The third-order valence-electron chi connectivity index (χ3n) is 1.49. The van der Waals surface area contributed by atoms with Crippen molar-refractivity contribution in [3.8, 4) is 6.07 Å². The van der Waals surface area contributed by atoms with Crippen molar-refractivity contribution < 1.29 is 5.11 Å². The molecule has 0 fully saturated rings. The molecule has 1 N–H and O–H groups in total. The first-order valence-electron chi connectivity index (χ1n) is 3.51. The summed E-state index contributed by atoms with van der Waals surface area (Å²) in [6.07, 6.45) is 0.558. The van der Waals surface area contributed by atoms with Gasteiger partial charge in [-0.25, -0.2) is 4.98 Å². The van der Waals surface area contributed by atoms with Crippen molar-refractivity contribution in [2.45, 2.75) is 12.5 Å². The smallest absolute Gasteiger partial charge is 0.147 e. The van der Waals surface area contributed by atoms with E-state index in [9.17, 15) is 5.11 Å². The van der Waals surface area contributed by atoms with Gasteiger partial charge in [0.1, 0.15) is 5.15 Å². The molecule has 1 atom stereocenters. The molecule has 1 aromatic heterocycles. The standard InChI is InChI=1S/C8H6Cl2N2O/c9-6-3-5(4-12-8(6)10)7(13)1-2-11/h3-4,7,13H,1H2. The van der Waals surface area contributed by atoms with E-state index in [1.807, 2.05) is 6.07 Å². The van der Waals surface area contributed by atoms with Crippen LogP contribution in [0, 0.1) is 11.3 Å². The van der Waals surface area contributed by atoms with Gasteiger partial charge in [0.05, 0.1) is 23.6 Å². The highest BCUT2D eigenvalue weighted by Crippen LogP contribution is 2.24. The van der Waals surface area contributed by atoms with Gasteiger partial charge in [0, 0.05) is 11.8 Å². The number of halogens is 2. The molecule has 1 unspecified atom stereocenters. The Bertz CT molecular complexity index is 348. The molecule has 3 nitrogen and oxygen atoms in total. The van der Waals surface area contributed by atoms with Crippen LogP contribution in [-0.4, -0.2) is 10.1 Å². The number of aliphatic hydroxyl groups is 1. The number of hydrogen-bond acceptors (Lipinski definition) is 3. The topological polar surface area (TPSA) is 56.9 Å². The summed E-state index contributed by atoms with van der Waals surface area (Å²) in [5.74, 6) is 0. The largest absolute Gasteiger partial charge is 0.387 e. The molecule has 5 heteroatoms. The number of aromatic nitrogens is 1. The van der Waals surface area contributed by atoms with Crippen molar-refractivity contribution in [1.29, 1.82) is 5.26 Å². The minimum absolute atomic E-state index is 0.0135. The highest BCUT2D eigenvalue weighted by atomic mass is 35.5. The molecule has 0 saturated heterocycles. The Hall–Kier alpha value is -0.820. The quantitative estimate of drug-likeness (QED) is 0.773. The SMILES string of the molecule is N#CCC(O)c1cnc(Cl)c(Cl)c1. The lowest BCUT2D eigenvalue weighted by Gasteiger charge is -2.06. The maximum absolute atomic E-state index is 9.37. The fourth-order valence-electron chi connectivity index (χ4n) is 0.823. The minimum Gasteiger partial charge on any atom is -0.387 e. The lowest BCUT2D eigenvalue weighted by Crippen LogP contribution is -1.96. The maximum Gasteiger partial charge on any atom is 0.147 e. The summed E-state index contributed by atoms with van der Waals surface area (Å²) >= 11 is 11.2. The van der Waals surface area contributed by atoms with E-state index in [0.29, 0.717) is 5.56 Å². The zero-order valence-corrected chi connectivity index (χ0v) is 8.05. The summed E-state index contributed by atoms with van der Waals surface area (Å²) in [6, 6.07) is 3.35. The molecular weight excluding hydrogens is 211 g/mol. The fraction of sp³-hybridized carbons (Fsp3) is 0.250. The molecule has 13 heavy (non-hydrogen) atoms. The highest BCUT2D eigenvalue weighted by molar-refractivity contribution is 6.41. The number of hydrogen-bond donors (Lipinski definition) is 1. The molecule has 0 spiro atoms. The molecule has 68 valence electrons. The Labute approximate surface area is 85.5 Å². The van der Waals surface area contributed by atoms with E-state index >= 15 is 0 Å². The van der Waals surface area contributed by atoms with E-state index in [0.717, 1.165) is 0 Å². The van der Waals surface area contributed by atoms with Crippen LogP contribution in [0.25, 0.3) is 0 Å². The van der Waals surface area contributed by atoms with Crippen molar-refractivity contribution in [3.05, 3.63) is 28.0 Å². The van der Waals surface area contributed by atoms with Crippen LogP contribution in [0.1, 0.15) is 18.1 Å². The Morgan fingerprint density at radius 1 is 1.62 bits per heavy atom. The predicted octanol–water partition coefficient (Wildman–Crippen LogP) is 2.34. The van der Waals surface area contributed by atoms with Gasteiger partial charge in [-0.2, -0.15) is 5.26 Å². The second-order valence-electron chi connectivity index (χ2n) is 2.42. The summed E-state index contributed by atoms with van der Waals surface area (Å²) < 4.78 is 0. The van der Waals surface area contributed by atoms with Crippen molar-refractivity contribution in [2.24, 2.45) is 0 Å². The normalized spacial score (nSPS) is 12.2. The van der Waals surface area contributed by atoms with E-state index in [1.165, 1.54) is 12.3 Å². The van der Waals surface area contributed by atoms with Crippen molar-refractivity contribution in [3.63, 3.8) is 0 Å². The van der Waals surface area contributed by atoms with Crippen molar-refractivity contribution >= 4 is 23.2 Å². The molecule has 0 bridgehead atoms. The van der Waals surface area contributed by atoms with Crippen LogP contribution in [0.3, 0.4) is 0 Å². The zero-order valence-electron chi connectivity index (χ0n) is 6.54. The molecule has 0 aromatic carbocycles. The van der Waals surface area contributed by atoms with Gasteiger partial charge in [0.15, 0.2) is 0 Å². The van der Waals surface area contributed by atoms with Crippen molar-refractivity contribution in [2.75, 3.05) is 0 Å². The number of nitriles is 1. The molecule has 0 amide bonds. The predicted molar refractivity (Wildman–Crippen MR) is 49.4 cm³/mol. The van der Waals surface area contributed by atoms with Gasteiger partial charge in [-0.3, -0.25) is 0 Å². The molecule has 0 aliphatic heterocycles. The number of pyridine rings is 1. The molecule has 1 aromatic rings. The van der Waals surface area contributed by atoms with E-state index in [2.05, 4.69) is 4.98 Å². The van der Waals surface area contributed by atoms with Gasteiger partial charge in [-0.05, 0) is 6.07 Å². The van der Waals surface area contributed by atoms with Crippen LogP contribution in [-0.2, 0) is 0 Å². The lowest BCUT2D eigenvalue weighted by molar-refractivity contribution is 0.183. The van der Waals surface area contributed by atoms with Crippen LogP contribution < -0.4 is 0 Å². The Balaban J connectivity index is 2.91. The highest BCUT2D eigenvalue weighted by Gasteiger charge is 2.09. The lowest BCUT2D eigenvalue weighted by atomic mass is 10.1. The van der Waals surface area contributed by atoms with Gasteiger partial charge < -0.3 is 5.11 Å². The second kappa shape index (κ2) is 4.43. The molecule has 0 aliphatic rings. The van der Waals surface area contributed by atoms with Gasteiger partial charge in [0.25, 0.3) is 0 Å². The average molecular weight is 217 g/mol. The maximum atomic E-state index is 9.37. The average Bonchev–Trinajstić information content (AvgIpc) is 2.10. The summed E-state index contributed by atoms with van der Waals surface area (Å²) in [5.41, 5.74) is 0.496. The summed E-state index contributed by atoms with van der Waals surface area (Å²) in [7, 11) is 0. The Morgan fingerprint density at radius 2 is 2.31 bits per heavy atom. The molecular formula is C8H6Cl2N2O. The second-order valence-corrected chi connectivity index (χ2v) is 3.18. The molecule has 0 radical (unpaired) electrons. The summed E-state index contributed by atoms with van der Waals surface area (Å²) in [6.45, 7) is 0. The first kappa shape index (κ1) is 10.3. The molecule has 1 heterocycles. The fourth-order valence-corrected chi connectivity index (χ4v) is 1.10. The van der Waals surface area contributed by atoms with Gasteiger partial charge >= 0.3 is 0 Å².